The Bertz CT molecular complexity index is 819. The fourth-order valence-corrected chi connectivity index (χ4v) is 3.15. The average molecular weight is 408 g/mol. The van der Waals surface area contributed by atoms with E-state index in [-0.39, 0.29) is 31.0 Å². The Morgan fingerprint density at radius 1 is 1.32 bits per heavy atom. The second-order valence-electron chi connectivity index (χ2n) is 6.61. The summed E-state index contributed by atoms with van der Waals surface area (Å²) in [5, 5.41) is 15.6. The van der Waals surface area contributed by atoms with Crippen LogP contribution in [0.1, 0.15) is 18.5 Å². The lowest BCUT2D eigenvalue weighted by Crippen LogP contribution is -2.32. The molecule has 3 N–H and O–H groups in total. The fourth-order valence-electron chi connectivity index (χ4n) is 3.02. The van der Waals surface area contributed by atoms with Gasteiger partial charge in [0.1, 0.15) is 11.9 Å². The number of aliphatic hydroxyl groups excluding tert-OH is 1. The highest BCUT2D eigenvalue weighted by Gasteiger charge is 2.32. The molecule has 0 bridgehead atoms. The van der Waals surface area contributed by atoms with Gasteiger partial charge in [-0.15, -0.1) is 0 Å². The van der Waals surface area contributed by atoms with Gasteiger partial charge in [-0.25, -0.2) is 9.18 Å². The number of nitrogens with one attached hydrogen (secondary N) is 2. The first-order valence-electron chi connectivity index (χ1n) is 9.09. The minimum atomic E-state index is -0.499. The molecule has 0 unspecified atom stereocenters. The molecule has 0 saturated carbocycles. The van der Waals surface area contributed by atoms with Gasteiger partial charge in [0, 0.05) is 24.2 Å². The van der Waals surface area contributed by atoms with Gasteiger partial charge in [0.25, 0.3) is 0 Å². The number of rotatable bonds is 8. The zero-order valence-electron chi connectivity index (χ0n) is 15.5. The molecule has 2 aromatic carbocycles. The molecule has 1 aliphatic rings. The van der Waals surface area contributed by atoms with Crippen molar-refractivity contribution in [3.63, 3.8) is 0 Å². The second kappa shape index (κ2) is 9.23. The van der Waals surface area contributed by atoms with Crippen LogP contribution in [0.15, 0.2) is 42.5 Å². The van der Waals surface area contributed by atoms with E-state index in [4.69, 9.17) is 21.4 Å². The van der Waals surface area contributed by atoms with Gasteiger partial charge in [-0.2, -0.15) is 0 Å². The Labute approximate surface area is 168 Å². The SMILES string of the molecule is C[C@H](NC[C@@H]1CN(c2ccc(NCCO)c(F)c2)C(=O)O1)c1ccc(Cl)cc1. The van der Waals surface area contributed by atoms with Crippen LogP contribution in [0.2, 0.25) is 5.02 Å². The Balaban J connectivity index is 1.57. The number of nitrogens with zero attached hydrogens (tertiary/aromatic N) is 1. The van der Waals surface area contributed by atoms with Crippen molar-refractivity contribution in [1.82, 2.24) is 5.32 Å². The maximum atomic E-state index is 14.2. The predicted octanol–water partition coefficient (Wildman–Crippen LogP) is 3.56. The monoisotopic (exact) mass is 407 g/mol. The van der Waals surface area contributed by atoms with Crippen molar-refractivity contribution in [1.29, 1.82) is 0 Å². The third kappa shape index (κ3) is 4.92. The number of hydrogen-bond acceptors (Lipinski definition) is 5. The van der Waals surface area contributed by atoms with Crippen molar-refractivity contribution in [2.75, 3.05) is 36.5 Å². The zero-order valence-corrected chi connectivity index (χ0v) is 16.2. The molecule has 2 atom stereocenters. The van der Waals surface area contributed by atoms with Crippen LogP contribution in [0.5, 0.6) is 0 Å². The minimum absolute atomic E-state index is 0.0688. The molecule has 0 spiro atoms. The molecule has 1 fully saturated rings. The van der Waals surface area contributed by atoms with E-state index < -0.39 is 11.9 Å². The Morgan fingerprint density at radius 2 is 2.07 bits per heavy atom. The van der Waals surface area contributed by atoms with E-state index in [0.717, 1.165) is 5.56 Å². The molecule has 150 valence electrons. The largest absolute Gasteiger partial charge is 0.443 e. The number of benzene rings is 2. The van der Waals surface area contributed by atoms with Gasteiger partial charge in [0.2, 0.25) is 0 Å². The summed E-state index contributed by atoms with van der Waals surface area (Å²) in [4.78, 5) is 13.6. The molecular formula is C20H23ClFN3O3. The second-order valence-corrected chi connectivity index (χ2v) is 7.05. The molecule has 0 aliphatic carbocycles. The molecule has 1 saturated heterocycles. The standard InChI is InChI=1S/C20H23ClFN3O3/c1-13(14-2-4-15(21)5-3-14)24-11-17-12-25(20(27)28-17)16-6-7-19(18(22)10-16)23-8-9-26/h2-7,10,13,17,23-24,26H,8-9,11-12H2,1H3/t13-,17+/m0/s1. The molecule has 28 heavy (non-hydrogen) atoms. The Kier molecular flexibility index (Phi) is 6.72. The normalized spacial score (nSPS) is 17.5. The highest BCUT2D eigenvalue weighted by atomic mass is 35.5. The molecule has 0 aromatic heterocycles. The van der Waals surface area contributed by atoms with Gasteiger partial charge in [-0.3, -0.25) is 4.90 Å². The van der Waals surface area contributed by atoms with Gasteiger partial charge < -0.3 is 20.5 Å². The number of amides is 1. The van der Waals surface area contributed by atoms with Crippen molar-refractivity contribution >= 4 is 29.1 Å². The summed E-state index contributed by atoms with van der Waals surface area (Å²) in [5.41, 5.74) is 1.80. The number of aliphatic hydroxyl groups is 1. The van der Waals surface area contributed by atoms with Crippen molar-refractivity contribution in [3.05, 3.63) is 58.9 Å². The predicted molar refractivity (Wildman–Crippen MR) is 107 cm³/mol. The van der Waals surface area contributed by atoms with E-state index >= 15 is 0 Å². The van der Waals surface area contributed by atoms with Gasteiger partial charge in [0.05, 0.1) is 24.5 Å². The average Bonchev–Trinajstić information content (AvgIpc) is 3.06. The van der Waals surface area contributed by atoms with Crippen LogP contribution in [0.25, 0.3) is 0 Å². The quantitative estimate of drug-likeness (QED) is 0.624. The summed E-state index contributed by atoms with van der Waals surface area (Å²) in [6.07, 6.45) is -0.834. The molecule has 1 heterocycles. The van der Waals surface area contributed by atoms with Crippen LogP contribution >= 0.6 is 11.6 Å². The van der Waals surface area contributed by atoms with Crippen LogP contribution in [-0.4, -0.2) is 43.5 Å². The van der Waals surface area contributed by atoms with Crippen molar-refractivity contribution in [3.8, 4) is 0 Å². The van der Waals surface area contributed by atoms with Gasteiger partial charge in [-0.1, -0.05) is 23.7 Å². The molecule has 8 heteroatoms. The Hall–Kier alpha value is -2.35. The summed E-state index contributed by atoms with van der Waals surface area (Å²) in [5.74, 6) is -0.489. The molecule has 6 nitrogen and oxygen atoms in total. The van der Waals surface area contributed by atoms with E-state index in [9.17, 15) is 9.18 Å². The lowest BCUT2D eigenvalue weighted by molar-refractivity contribution is 0.138. The molecule has 2 aromatic rings. The van der Waals surface area contributed by atoms with Crippen molar-refractivity contribution in [2.45, 2.75) is 19.1 Å². The molecule has 3 rings (SSSR count). The Morgan fingerprint density at radius 3 is 2.75 bits per heavy atom. The van der Waals surface area contributed by atoms with Crippen LogP contribution in [-0.2, 0) is 4.74 Å². The molecule has 1 amide bonds. The van der Waals surface area contributed by atoms with E-state index in [0.29, 0.717) is 23.8 Å². The number of ether oxygens (including phenoxy) is 1. The first kappa shape index (κ1) is 20.4. The number of carbonyl (C=O) groups is 1. The number of hydrogen-bond donors (Lipinski definition) is 3. The van der Waals surface area contributed by atoms with Crippen LogP contribution < -0.4 is 15.5 Å². The van der Waals surface area contributed by atoms with E-state index in [1.165, 1.54) is 11.0 Å². The summed E-state index contributed by atoms with van der Waals surface area (Å²) in [6, 6.07) is 12.1. The van der Waals surface area contributed by atoms with Crippen LogP contribution in [0.3, 0.4) is 0 Å². The summed E-state index contributed by atoms with van der Waals surface area (Å²) in [7, 11) is 0. The maximum absolute atomic E-state index is 14.2. The lowest BCUT2D eigenvalue weighted by atomic mass is 10.1. The van der Waals surface area contributed by atoms with Crippen molar-refractivity contribution < 1.29 is 19.0 Å². The van der Waals surface area contributed by atoms with E-state index in [1.54, 1.807) is 12.1 Å². The zero-order chi connectivity index (χ0) is 20.1. The summed E-state index contributed by atoms with van der Waals surface area (Å²) in [6.45, 7) is 2.99. The highest BCUT2D eigenvalue weighted by Crippen LogP contribution is 2.26. The third-order valence-electron chi connectivity index (χ3n) is 4.59. The lowest BCUT2D eigenvalue weighted by Gasteiger charge is -2.17. The highest BCUT2D eigenvalue weighted by molar-refractivity contribution is 6.30. The minimum Gasteiger partial charge on any atom is -0.443 e. The maximum Gasteiger partial charge on any atom is 0.414 e. The van der Waals surface area contributed by atoms with E-state index in [1.807, 2.05) is 31.2 Å². The molecule has 0 radical (unpaired) electrons. The number of anilines is 2. The summed E-state index contributed by atoms with van der Waals surface area (Å²) >= 11 is 5.91. The fraction of sp³-hybridized carbons (Fsp3) is 0.350. The summed E-state index contributed by atoms with van der Waals surface area (Å²) < 4.78 is 19.6. The van der Waals surface area contributed by atoms with Crippen LogP contribution in [0, 0.1) is 5.82 Å². The van der Waals surface area contributed by atoms with Crippen LogP contribution in [0.4, 0.5) is 20.6 Å². The number of carbonyl (C=O) groups excluding carboxylic acids is 1. The topological polar surface area (TPSA) is 73.8 Å². The first-order chi connectivity index (χ1) is 13.5. The number of cyclic esters (lactones) is 1. The van der Waals surface area contributed by atoms with Gasteiger partial charge >= 0.3 is 6.09 Å². The van der Waals surface area contributed by atoms with Gasteiger partial charge in [0.15, 0.2) is 0 Å². The van der Waals surface area contributed by atoms with E-state index in [2.05, 4.69) is 10.6 Å². The molecular weight excluding hydrogens is 385 g/mol. The first-order valence-corrected chi connectivity index (χ1v) is 9.47. The third-order valence-corrected chi connectivity index (χ3v) is 4.84. The molecule has 1 aliphatic heterocycles. The van der Waals surface area contributed by atoms with Gasteiger partial charge in [-0.05, 0) is 42.8 Å². The van der Waals surface area contributed by atoms with Crippen molar-refractivity contribution in [2.24, 2.45) is 0 Å². The number of halogens is 2. The smallest absolute Gasteiger partial charge is 0.414 e.